The predicted octanol–water partition coefficient (Wildman–Crippen LogP) is 3.51. The van der Waals surface area contributed by atoms with E-state index in [4.69, 9.17) is 15.5 Å². The van der Waals surface area contributed by atoms with Crippen LogP contribution in [0.2, 0.25) is 0 Å². The Labute approximate surface area is 169 Å². The first-order chi connectivity index (χ1) is 13.4. The van der Waals surface area contributed by atoms with Gasteiger partial charge in [-0.3, -0.25) is 4.90 Å². The van der Waals surface area contributed by atoms with Gasteiger partial charge in [0, 0.05) is 39.4 Å². The van der Waals surface area contributed by atoms with Gasteiger partial charge in [0.25, 0.3) is 0 Å². The first kappa shape index (κ1) is 19.9. The summed E-state index contributed by atoms with van der Waals surface area (Å²) in [6, 6.07) is 4.27. The highest BCUT2D eigenvalue weighted by Gasteiger charge is 2.42. The van der Waals surface area contributed by atoms with Crippen LogP contribution in [0.4, 0.5) is 5.69 Å². The number of rotatable bonds is 3. The first-order valence-electron chi connectivity index (χ1n) is 10.9. The molecule has 3 heterocycles. The summed E-state index contributed by atoms with van der Waals surface area (Å²) in [6.07, 6.45) is 7.77. The lowest BCUT2D eigenvalue weighted by molar-refractivity contribution is -0.0506. The van der Waals surface area contributed by atoms with Crippen LogP contribution < -0.4 is 5.73 Å². The van der Waals surface area contributed by atoms with Crippen molar-refractivity contribution in [3.8, 4) is 0 Å². The zero-order valence-corrected chi connectivity index (χ0v) is 17.8. The zero-order valence-electron chi connectivity index (χ0n) is 17.8. The summed E-state index contributed by atoms with van der Waals surface area (Å²) >= 11 is 0. The molecule has 1 aromatic heterocycles. The van der Waals surface area contributed by atoms with Gasteiger partial charge in [-0.2, -0.15) is 0 Å². The molecule has 2 N–H and O–H groups in total. The Hall–Kier alpha value is -1.43. The SMILES string of the molecule is CN1CCN(C2(c3ccc(N)c(C4=CCC(C)(C)CC4)n3)CCOCC2)CC1. The highest BCUT2D eigenvalue weighted by atomic mass is 16.5. The topological polar surface area (TPSA) is 54.6 Å². The van der Waals surface area contributed by atoms with Crippen LogP contribution in [0, 0.1) is 5.41 Å². The standard InChI is InChI=1S/C23H36N4O/c1-22(2)8-6-18(7-9-22)21-19(24)4-5-20(25-21)23(10-16-28-17-11-23)27-14-12-26(3)13-15-27/h4-6H,7-17,24H2,1-3H3. The Kier molecular flexibility index (Phi) is 5.51. The van der Waals surface area contributed by atoms with Gasteiger partial charge < -0.3 is 15.4 Å². The normalized spacial score (nSPS) is 26.0. The Morgan fingerprint density at radius 2 is 1.75 bits per heavy atom. The molecule has 2 fully saturated rings. The fraction of sp³-hybridized carbons (Fsp3) is 0.696. The van der Waals surface area contributed by atoms with E-state index < -0.39 is 0 Å². The Bertz CT molecular complexity index is 728. The average molecular weight is 385 g/mol. The molecule has 4 rings (SSSR count). The second-order valence-corrected chi connectivity index (χ2v) is 9.67. The minimum absolute atomic E-state index is 0.0174. The lowest BCUT2D eigenvalue weighted by Gasteiger charge is -2.49. The molecule has 5 nitrogen and oxygen atoms in total. The number of nitrogens with two attached hydrogens (primary N) is 1. The van der Waals surface area contributed by atoms with Gasteiger partial charge in [0.1, 0.15) is 0 Å². The first-order valence-corrected chi connectivity index (χ1v) is 10.9. The molecule has 2 saturated heterocycles. The van der Waals surface area contributed by atoms with Gasteiger partial charge in [-0.1, -0.05) is 19.9 Å². The highest BCUT2D eigenvalue weighted by molar-refractivity contribution is 5.73. The summed E-state index contributed by atoms with van der Waals surface area (Å²) in [5.41, 5.74) is 11.1. The molecule has 0 aromatic carbocycles. The molecule has 0 atom stereocenters. The number of anilines is 1. The van der Waals surface area contributed by atoms with Gasteiger partial charge in [0.2, 0.25) is 0 Å². The Morgan fingerprint density at radius 3 is 2.39 bits per heavy atom. The van der Waals surface area contributed by atoms with E-state index in [1.165, 1.54) is 17.7 Å². The van der Waals surface area contributed by atoms with Crippen LogP contribution in [-0.4, -0.2) is 61.2 Å². The predicted molar refractivity (Wildman–Crippen MR) is 115 cm³/mol. The number of hydrogen-bond acceptors (Lipinski definition) is 5. The van der Waals surface area contributed by atoms with Gasteiger partial charge in [-0.25, -0.2) is 4.98 Å². The number of hydrogen-bond donors (Lipinski definition) is 1. The fourth-order valence-corrected chi connectivity index (χ4v) is 4.96. The van der Waals surface area contributed by atoms with Crippen molar-refractivity contribution >= 4 is 11.3 Å². The van der Waals surface area contributed by atoms with E-state index in [2.05, 4.69) is 48.9 Å². The fourth-order valence-electron chi connectivity index (χ4n) is 4.96. The van der Waals surface area contributed by atoms with E-state index in [0.29, 0.717) is 5.41 Å². The lowest BCUT2D eigenvalue weighted by atomic mass is 9.77. The molecule has 28 heavy (non-hydrogen) atoms. The number of nitrogen functional groups attached to an aromatic ring is 1. The molecule has 0 saturated carbocycles. The average Bonchev–Trinajstić information content (AvgIpc) is 2.70. The van der Waals surface area contributed by atoms with E-state index in [9.17, 15) is 0 Å². The summed E-state index contributed by atoms with van der Waals surface area (Å²) in [7, 11) is 2.21. The summed E-state index contributed by atoms with van der Waals surface area (Å²) in [5.74, 6) is 0. The van der Waals surface area contributed by atoms with Crippen molar-refractivity contribution in [2.24, 2.45) is 5.41 Å². The largest absolute Gasteiger partial charge is 0.397 e. The third kappa shape index (κ3) is 3.85. The minimum atomic E-state index is -0.0174. The van der Waals surface area contributed by atoms with Gasteiger partial charge in [0.15, 0.2) is 0 Å². The molecule has 0 radical (unpaired) electrons. The monoisotopic (exact) mass is 384 g/mol. The molecule has 0 bridgehead atoms. The minimum Gasteiger partial charge on any atom is -0.397 e. The molecule has 1 aromatic rings. The third-order valence-corrected chi connectivity index (χ3v) is 7.11. The van der Waals surface area contributed by atoms with Crippen LogP contribution in [0.25, 0.3) is 5.57 Å². The molecule has 0 amide bonds. The van der Waals surface area contributed by atoms with Crippen molar-refractivity contribution in [2.45, 2.75) is 51.5 Å². The second kappa shape index (κ2) is 7.77. The number of allylic oxidation sites excluding steroid dienone is 2. The molecular formula is C23H36N4O. The maximum absolute atomic E-state index is 6.41. The maximum atomic E-state index is 6.41. The molecular weight excluding hydrogens is 348 g/mol. The summed E-state index contributed by atoms with van der Waals surface area (Å²) in [6.45, 7) is 10.7. The van der Waals surface area contributed by atoms with E-state index in [-0.39, 0.29) is 5.54 Å². The van der Waals surface area contributed by atoms with Gasteiger partial charge >= 0.3 is 0 Å². The van der Waals surface area contributed by atoms with Crippen molar-refractivity contribution in [2.75, 3.05) is 52.2 Å². The van der Waals surface area contributed by atoms with Crippen molar-refractivity contribution in [3.63, 3.8) is 0 Å². The number of ether oxygens (including phenoxy) is 1. The maximum Gasteiger partial charge on any atom is 0.0891 e. The highest BCUT2D eigenvalue weighted by Crippen LogP contribution is 2.42. The second-order valence-electron chi connectivity index (χ2n) is 9.67. The quantitative estimate of drug-likeness (QED) is 0.864. The number of piperazine rings is 1. The molecule has 3 aliphatic rings. The molecule has 154 valence electrons. The van der Waals surface area contributed by atoms with E-state index in [0.717, 1.165) is 76.5 Å². The molecule has 0 spiro atoms. The van der Waals surface area contributed by atoms with Crippen LogP contribution in [-0.2, 0) is 10.3 Å². The summed E-state index contributed by atoms with van der Waals surface area (Å²) < 4.78 is 5.75. The van der Waals surface area contributed by atoms with Gasteiger partial charge in [0.05, 0.1) is 22.6 Å². The molecule has 1 aliphatic carbocycles. The van der Waals surface area contributed by atoms with Crippen molar-refractivity contribution in [1.82, 2.24) is 14.8 Å². The zero-order chi connectivity index (χ0) is 19.8. The molecule has 5 heteroatoms. The van der Waals surface area contributed by atoms with Gasteiger partial charge in [-0.15, -0.1) is 0 Å². The van der Waals surface area contributed by atoms with E-state index in [1.54, 1.807) is 0 Å². The lowest BCUT2D eigenvalue weighted by Crippen LogP contribution is -2.57. The Morgan fingerprint density at radius 1 is 1.04 bits per heavy atom. The van der Waals surface area contributed by atoms with E-state index in [1.807, 2.05) is 0 Å². The number of pyridine rings is 1. The van der Waals surface area contributed by atoms with Crippen LogP contribution in [0.1, 0.15) is 57.3 Å². The van der Waals surface area contributed by atoms with Crippen LogP contribution >= 0.6 is 0 Å². The molecule has 0 unspecified atom stereocenters. The number of nitrogens with zero attached hydrogens (tertiary/aromatic N) is 3. The van der Waals surface area contributed by atoms with Crippen molar-refractivity contribution in [3.05, 3.63) is 29.6 Å². The molecule has 2 aliphatic heterocycles. The summed E-state index contributed by atoms with van der Waals surface area (Å²) in [4.78, 5) is 10.3. The van der Waals surface area contributed by atoms with Crippen LogP contribution in [0.3, 0.4) is 0 Å². The summed E-state index contributed by atoms with van der Waals surface area (Å²) in [5, 5.41) is 0. The Balaban J connectivity index is 1.69. The van der Waals surface area contributed by atoms with Crippen LogP contribution in [0.5, 0.6) is 0 Å². The van der Waals surface area contributed by atoms with Crippen molar-refractivity contribution in [1.29, 1.82) is 0 Å². The van der Waals surface area contributed by atoms with Crippen molar-refractivity contribution < 1.29 is 4.74 Å². The number of aromatic nitrogens is 1. The van der Waals surface area contributed by atoms with Crippen LogP contribution in [0.15, 0.2) is 18.2 Å². The van der Waals surface area contributed by atoms with Gasteiger partial charge in [-0.05, 0) is 62.3 Å². The third-order valence-electron chi connectivity index (χ3n) is 7.11. The van der Waals surface area contributed by atoms with E-state index >= 15 is 0 Å². The smallest absolute Gasteiger partial charge is 0.0891 e. The number of likely N-dealkylation sites (N-methyl/N-ethyl adjacent to an activating group) is 1.